The summed E-state index contributed by atoms with van der Waals surface area (Å²) in [6.07, 6.45) is 0.208. The van der Waals surface area contributed by atoms with Crippen molar-refractivity contribution in [2.45, 2.75) is 33.2 Å². The topological polar surface area (TPSA) is 47.6 Å². The molecule has 1 N–H and O–H groups in total. The number of benzene rings is 2. The molecule has 0 aliphatic heterocycles. The van der Waals surface area contributed by atoms with Crippen molar-refractivity contribution in [1.82, 2.24) is 5.32 Å². The molecule has 0 heterocycles. The summed E-state index contributed by atoms with van der Waals surface area (Å²) < 4.78 is 24.1. The van der Waals surface area contributed by atoms with Crippen LogP contribution in [0.4, 0.5) is 4.39 Å². The van der Waals surface area contributed by atoms with Crippen molar-refractivity contribution in [3.05, 3.63) is 59.4 Å². The van der Waals surface area contributed by atoms with Gasteiger partial charge in [-0.2, -0.15) is 0 Å². The van der Waals surface area contributed by atoms with Crippen LogP contribution < -0.4 is 14.8 Å². The molecule has 0 saturated heterocycles. The maximum atomic E-state index is 12.9. The standard InChI is InChI=1S/C20H24FNO3/c1-4-24-18-11-8-16(13-19(18)25-5-2)14(3)22-20(23)12-15-6-9-17(21)10-7-15/h6-11,13-14H,4-5,12H2,1-3H3,(H,22,23). The van der Waals surface area contributed by atoms with Crippen LogP contribution in [0.3, 0.4) is 0 Å². The molecule has 0 aliphatic carbocycles. The summed E-state index contributed by atoms with van der Waals surface area (Å²) >= 11 is 0. The molecule has 0 aromatic heterocycles. The second-order valence-electron chi connectivity index (χ2n) is 5.66. The van der Waals surface area contributed by atoms with E-state index in [9.17, 15) is 9.18 Å². The molecule has 1 unspecified atom stereocenters. The van der Waals surface area contributed by atoms with E-state index >= 15 is 0 Å². The second-order valence-corrected chi connectivity index (χ2v) is 5.66. The highest BCUT2D eigenvalue weighted by Crippen LogP contribution is 2.30. The monoisotopic (exact) mass is 345 g/mol. The second kappa shape index (κ2) is 9.06. The lowest BCUT2D eigenvalue weighted by molar-refractivity contribution is -0.121. The van der Waals surface area contributed by atoms with Crippen molar-refractivity contribution in [1.29, 1.82) is 0 Å². The zero-order valence-electron chi connectivity index (χ0n) is 14.8. The van der Waals surface area contributed by atoms with Gasteiger partial charge >= 0.3 is 0 Å². The third kappa shape index (κ3) is 5.48. The van der Waals surface area contributed by atoms with Crippen molar-refractivity contribution < 1.29 is 18.7 Å². The van der Waals surface area contributed by atoms with E-state index in [-0.39, 0.29) is 24.2 Å². The highest BCUT2D eigenvalue weighted by molar-refractivity contribution is 5.79. The normalized spacial score (nSPS) is 11.7. The average molecular weight is 345 g/mol. The SMILES string of the molecule is CCOc1ccc(C(C)NC(=O)Cc2ccc(F)cc2)cc1OCC. The Morgan fingerprint density at radius 1 is 1.04 bits per heavy atom. The minimum atomic E-state index is -0.310. The van der Waals surface area contributed by atoms with Gasteiger partial charge < -0.3 is 14.8 Å². The number of hydrogen-bond donors (Lipinski definition) is 1. The molecule has 0 saturated carbocycles. The van der Waals surface area contributed by atoms with Gasteiger partial charge in [0.25, 0.3) is 0 Å². The molecule has 2 aromatic carbocycles. The van der Waals surface area contributed by atoms with Gasteiger partial charge in [0.2, 0.25) is 5.91 Å². The van der Waals surface area contributed by atoms with E-state index in [0.29, 0.717) is 24.7 Å². The number of nitrogens with one attached hydrogen (secondary N) is 1. The lowest BCUT2D eigenvalue weighted by Crippen LogP contribution is -2.28. The van der Waals surface area contributed by atoms with Gasteiger partial charge in [-0.25, -0.2) is 4.39 Å². The van der Waals surface area contributed by atoms with Gasteiger partial charge in [0.15, 0.2) is 11.5 Å². The zero-order chi connectivity index (χ0) is 18.2. The Kier molecular flexibility index (Phi) is 6.81. The van der Waals surface area contributed by atoms with Crippen LogP contribution >= 0.6 is 0 Å². The van der Waals surface area contributed by atoms with Gasteiger partial charge in [0, 0.05) is 0 Å². The fraction of sp³-hybridized carbons (Fsp3) is 0.350. The highest BCUT2D eigenvalue weighted by Gasteiger charge is 2.13. The smallest absolute Gasteiger partial charge is 0.224 e. The van der Waals surface area contributed by atoms with E-state index in [0.717, 1.165) is 11.1 Å². The minimum Gasteiger partial charge on any atom is -0.490 e. The van der Waals surface area contributed by atoms with Crippen molar-refractivity contribution in [2.75, 3.05) is 13.2 Å². The molecule has 0 radical (unpaired) electrons. The molecular formula is C20H24FNO3. The zero-order valence-corrected chi connectivity index (χ0v) is 14.8. The van der Waals surface area contributed by atoms with Gasteiger partial charge in [-0.15, -0.1) is 0 Å². The predicted octanol–water partition coefficient (Wildman–Crippen LogP) is 4.04. The first-order valence-corrected chi connectivity index (χ1v) is 8.46. The van der Waals surface area contributed by atoms with Crippen LogP contribution in [0.1, 0.15) is 37.9 Å². The lowest BCUT2D eigenvalue weighted by atomic mass is 10.1. The van der Waals surface area contributed by atoms with Gasteiger partial charge in [-0.1, -0.05) is 18.2 Å². The Bertz CT molecular complexity index is 701. The number of ether oxygens (including phenoxy) is 2. The summed E-state index contributed by atoms with van der Waals surface area (Å²) in [5.41, 5.74) is 1.70. The minimum absolute atomic E-state index is 0.119. The van der Waals surface area contributed by atoms with Crippen molar-refractivity contribution in [3.63, 3.8) is 0 Å². The molecule has 2 rings (SSSR count). The van der Waals surface area contributed by atoms with Gasteiger partial charge in [0.1, 0.15) is 5.82 Å². The summed E-state index contributed by atoms with van der Waals surface area (Å²) in [6, 6.07) is 11.4. The van der Waals surface area contributed by atoms with Crippen molar-refractivity contribution in [3.8, 4) is 11.5 Å². The van der Waals surface area contributed by atoms with Crippen LogP contribution in [0, 0.1) is 5.82 Å². The summed E-state index contributed by atoms with van der Waals surface area (Å²) in [6.45, 7) is 6.84. The highest BCUT2D eigenvalue weighted by atomic mass is 19.1. The quantitative estimate of drug-likeness (QED) is 0.785. The lowest BCUT2D eigenvalue weighted by Gasteiger charge is -2.17. The van der Waals surface area contributed by atoms with Crippen molar-refractivity contribution in [2.24, 2.45) is 0 Å². The average Bonchev–Trinajstić information content (AvgIpc) is 2.59. The van der Waals surface area contributed by atoms with Crippen LogP contribution in [-0.2, 0) is 11.2 Å². The Morgan fingerprint density at radius 2 is 1.68 bits per heavy atom. The van der Waals surface area contributed by atoms with Gasteiger partial charge in [-0.05, 0) is 56.2 Å². The predicted molar refractivity (Wildman–Crippen MR) is 95.4 cm³/mol. The Hall–Kier alpha value is -2.56. The molecule has 134 valence electrons. The van der Waals surface area contributed by atoms with Crippen molar-refractivity contribution >= 4 is 5.91 Å². The molecule has 0 spiro atoms. The van der Waals surface area contributed by atoms with Crippen LogP contribution in [0.15, 0.2) is 42.5 Å². The third-order valence-corrected chi connectivity index (χ3v) is 3.72. The molecule has 4 nitrogen and oxygen atoms in total. The first-order chi connectivity index (χ1) is 12.0. The molecule has 0 fully saturated rings. The third-order valence-electron chi connectivity index (χ3n) is 3.72. The number of hydrogen-bond acceptors (Lipinski definition) is 3. The van der Waals surface area contributed by atoms with E-state index in [1.807, 2.05) is 39.0 Å². The summed E-state index contributed by atoms with van der Waals surface area (Å²) in [7, 11) is 0. The van der Waals surface area contributed by atoms with E-state index in [1.165, 1.54) is 12.1 Å². The van der Waals surface area contributed by atoms with E-state index in [1.54, 1.807) is 12.1 Å². The Morgan fingerprint density at radius 3 is 2.32 bits per heavy atom. The van der Waals surface area contributed by atoms with Crippen LogP contribution in [0.5, 0.6) is 11.5 Å². The first-order valence-electron chi connectivity index (χ1n) is 8.46. The van der Waals surface area contributed by atoms with E-state index < -0.39 is 0 Å². The molecule has 2 aromatic rings. The van der Waals surface area contributed by atoms with Gasteiger partial charge in [-0.3, -0.25) is 4.79 Å². The fourth-order valence-corrected chi connectivity index (χ4v) is 2.50. The fourth-order valence-electron chi connectivity index (χ4n) is 2.50. The molecule has 0 aliphatic rings. The number of carbonyl (C=O) groups is 1. The Balaban J connectivity index is 2.03. The molecular weight excluding hydrogens is 321 g/mol. The summed E-state index contributed by atoms with van der Waals surface area (Å²) in [4.78, 5) is 12.2. The molecule has 1 amide bonds. The van der Waals surface area contributed by atoms with E-state index in [2.05, 4.69) is 5.32 Å². The molecule has 1 atom stereocenters. The number of amides is 1. The molecule has 0 bridgehead atoms. The Labute approximate surface area is 148 Å². The number of halogens is 1. The van der Waals surface area contributed by atoms with Crippen LogP contribution in [0.2, 0.25) is 0 Å². The molecule has 5 heteroatoms. The summed E-state index contributed by atoms with van der Waals surface area (Å²) in [5, 5.41) is 2.95. The van der Waals surface area contributed by atoms with E-state index in [4.69, 9.17) is 9.47 Å². The molecule has 25 heavy (non-hydrogen) atoms. The van der Waals surface area contributed by atoms with Crippen LogP contribution in [-0.4, -0.2) is 19.1 Å². The maximum absolute atomic E-state index is 12.9. The van der Waals surface area contributed by atoms with Crippen LogP contribution in [0.25, 0.3) is 0 Å². The maximum Gasteiger partial charge on any atom is 0.224 e. The number of rotatable bonds is 8. The first kappa shape index (κ1) is 18.8. The number of carbonyl (C=O) groups excluding carboxylic acids is 1. The largest absolute Gasteiger partial charge is 0.490 e. The van der Waals surface area contributed by atoms with Gasteiger partial charge in [0.05, 0.1) is 25.7 Å². The summed E-state index contributed by atoms with van der Waals surface area (Å²) in [5.74, 6) is 0.931.